The summed E-state index contributed by atoms with van der Waals surface area (Å²) in [6.07, 6.45) is 2.75. The van der Waals surface area contributed by atoms with E-state index in [0.29, 0.717) is 5.92 Å². The van der Waals surface area contributed by atoms with E-state index in [0.717, 1.165) is 43.1 Å². The minimum Gasteiger partial charge on any atom is -0.393 e. The number of hydrogen-bond acceptors (Lipinski definition) is 2. The molecule has 1 N–H and O–H groups in total. The van der Waals surface area contributed by atoms with E-state index in [1.165, 1.54) is 6.42 Å². The first-order valence-electron chi connectivity index (χ1n) is 6.84. The first-order chi connectivity index (χ1) is 8.70. The maximum atomic E-state index is 10.1. The van der Waals surface area contributed by atoms with E-state index in [2.05, 4.69) is 17.9 Å². The summed E-state index contributed by atoms with van der Waals surface area (Å²) >= 11 is 6.19. The zero-order valence-electron chi connectivity index (χ0n) is 11.0. The molecule has 2 unspecified atom stereocenters. The van der Waals surface area contributed by atoms with Gasteiger partial charge in [-0.25, -0.2) is 0 Å². The van der Waals surface area contributed by atoms with Crippen molar-refractivity contribution in [1.82, 2.24) is 4.90 Å². The minimum atomic E-state index is -0.186. The lowest BCUT2D eigenvalue weighted by Gasteiger charge is -2.36. The molecule has 18 heavy (non-hydrogen) atoms. The number of nitrogens with zero attached hydrogens (tertiary/aromatic N) is 1. The fourth-order valence-corrected chi connectivity index (χ4v) is 2.97. The Bertz CT molecular complexity index is 383. The minimum absolute atomic E-state index is 0.186. The zero-order valence-corrected chi connectivity index (χ0v) is 11.7. The number of aliphatic hydroxyl groups excluding tert-OH is 1. The van der Waals surface area contributed by atoms with Gasteiger partial charge in [-0.3, -0.25) is 0 Å². The molecule has 1 fully saturated rings. The van der Waals surface area contributed by atoms with Gasteiger partial charge in [0.05, 0.1) is 6.10 Å². The molecule has 2 rings (SSSR count). The maximum absolute atomic E-state index is 10.1. The van der Waals surface area contributed by atoms with Crippen molar-refractivity contribution >= 4 is 11.6 Å². The Hall–Kier alpha value is -0.570. The van der Waals surface area contributed by atoms with Crippen LogP contribution in [0.25, 0.3) is 0 Å². The quantitative estimate of drug-likeness (QED) is 0.907. The second-order valence-electron chi connectivity index (χ2n) is 5.21. The highest BCUT2D eigenvalue weighted by Crippen LogP contribution is 2.25. The first kappa shape index (κ1) is 13.9. The van der Waals surface area contributed by atoms with Gasteiger partial charge in [0.1, 0.15) is 0 Å². The van der Waals surface area contributed by atoms with Crippen molar-refractivity contribution in [3.63, 3.8) is 0 Å². The van der Waals surface area contributed by atoms with Gasteiger partial charge in [-0.2, -0.15) is 0 Å². The van der Waals surface area contributed by atoms with Gasteiger partial charge in [-0.15, -0.1) is 0 Å². The van der Waals surface area contributed by atoms with Crippen molar-refractivity contribution < 1.29 is 5.11 Å². The van der Waals surface area contributed by atoms with Gasteiger partial charge in [0.2, 0.25) is 0 Å². The van der Waals surface area contributed by atoms with Gasteiger partial charge in [-0.05, 0) is 37.4 Å². The molecule has 0 saturated carbocycles. The Morgan fingerprint density at radius 3 is 2.89 bits per heavy atom. The summed E-state index contributed by atoms with van der Waals surface area (Å²) in [6, 6.07) is 7.95. The summed E-state index contributed by atoms with van der Waals surface area (Å²) in [6.45, 7) is 5.34. The Balaban J connectivity index is 2.00. The van der Waals surface area contributed by atoms with E-state index in [1.54, 1.807) is 0 Å². The van der Waals surface area contributed by atoms with Crippen molar-refractivity contribution in [3.8, 4) is 0 Å². The molecule has 1 aliphatic rings. The molecule has 100 valence electrons. The molecule has 0 spiro atoms. The third-order valence-corrected chi connectivity index (χ3v) is 4.13. The average Bonchev–Trinajstić information content (AvgIpc) is 2.36. The predicted molar refractivity (Wildman–Crippen MR) is 76.0 cm³/mol. The normalized spacial score (nSPS) is 25.3. The largest absolute Gasteiger partial charge is 0.393 e. The Morgan fingerprint density at radius 2 is 2.17 bits per heavy atom. The van der Waals surface area contributed by atoms with Gasteiger partial charge in [-0.1, -0.05) is 36.7 Å². The maximum Gasteiger partial charge on any atom is 0.0596 e. The first-order valence-corrected chi connectivity index (χ1v) is 7.22. The monoisotopic (exact) mass is 267 g/mol. The van der Waals surface area contributed by atoms with Crippen LogP contribution >= 0.6 is 11.6 Å². The molecule has 0 radical (unpaired) electrons. The number of aliphatic hydroxyl groups is 1. The summed E-state index contributed by atoms with van der Waals surface area (Å²) in [4.78, 5) is 2.45. The molecule has 0 bridgehead atoms. The van der Waals surface area contributed by atoms with E-state index < -0.39 is 0 Å². The van der Waals surface area contributed by atoms with Crippen molar-refractivity contribution in [3.05, 3.63) is 34.9 Å². The highest BCUT2D eigenvalue weighted by molar-refractivity contribution is 6.31. The van der Waals surface area contributed by atoms with Crippen LogP contribution in [-0.4, -0.2) is 35.7 Å². The van der Waals surface area contributed by atoms with Crippen LogP contribution in [0.4, 0.5) is 0 Å². The third-order valence-electron chi connectivity index (χ3n) is 3.76. The predicted octanol–water partition coefficient (Wildman–Crippen LogP) is 2.98. The van der Waals surface area contributed by atoms with Crippen LogP contribution in [0.3, 0.4) is 0 Å². The third kappa shape index (κ3) is 3.47. The summed E-state index contributed by atoms with van der Waals surface area (Å²) in [5.41, 5.74) is 1.15. The van der Waals surface area contributed by atoms with Crippen LogP contribution in [0.2, 0.25) is 5.02 Å². The van der Waals surface area contributed by atoms with Gasteiger partial charge in [0.25, 0.3) is 0 Å². The standard InChI is InChI=1S/C15H22ClNO/c1-2-8-17-9-7-15(18)13(11-17)10-12-5-3-4-6-14(12)16/h3-6,13,15,18H,2,7-11H2,1H3. The van der Waals surface area contributed by atoms with Crippen molar-refractivity contribution in [2.24, 2.45) is 5.92 Å². The van der Waals surface area contributed by atoms with Gasteiger partial charge < -0.3 is 10.0 Å². The molecule has 3 heteroatoms. The molecule has 1 heterocycles. The summed E-state index contributed by atoms with van der Waals surface area (Å²) in [5, 5.41) is 11.0. The molecule has 1 aromatic carbocycles. The molecular weight excluding hydrogens is 246 g/mol. The van der Waals surface area contributed by atoms with Gasteiger partial charge >= 0.3 is 0 Å². The van der Waals surface area contributed by atoms with Crippen LogP contribution in [0.1, 0.15) is 25.3 Å². The van der Waals surface area contributed by atoms with Crippen LogP contribution in [0.15, 0.2) is 24.3 Å². The molecule has 1 aliphatic heterocycles. The van der Waals surface area contributed by atoms with E-state index in [-0.39, 0.29) is 6.10 Å². The summed E-state index contributed by atoms with van der Waals surface area (Å²) < 4.78 is 0. The Kier molecular flexibility index (Phi) is 5.04. The summed E-state index contributed by atoms with van der Waals surface area (Å²) in [7, 11) is 0. The van der Waals surface area contributed by atoms with E-state index in [1.807, 2.05) is 18.2 Å². The topological polar surface area (TPSA) is 23.5 Å². The van der Waals surface area contributed by atoms with Crippen LogP contribution in [-0.2, 0) is 6.42 Å². The van der Waals surface area contributed by atoms with E-state index >= 15 is 0 Å². The number of piperidine rings is 1. The fraction of sp³-hybridized carbons (Fsp3) is 0.600. The van der Waals surface area contributed by atoms with E-state index in [9.17, 15) is 5.11 Å². The highest BCUT2D eigenvalue weighted by atomic mass is 35.5. The molecule has 1 aromatic rings. The van der Waals surface area contributed by atoms with Crippen molar-refractivity contribution in [1.29, 1.82) is 0 Å². The molecule has 0 aliphatic carbocycles. The molecule has 2 nitrogen and oxygen atoms in total. The molecule has 1 saturated heterocycles. The van der Waals surface area contributed by atoms with Crippen LogP contribution in [0, 0.1) is 5.92 Å². The summed E-state index contributed by atoms with van der Waals surface area (Å²) in [5.74, 6) is 0.310. The van der Waals surface area contributed by atoms with E-state index in [4.69, 9.17) is 11.6 Å². The Morgan fingerprint density at radius 1 is 1.39 bits per heavy atom. The highest BCUT2D eigenvalue weighted by Gasteiger charge is 2.27. The van der Waals surface area contributed by atoms with Gasteiger partial charge in [0.15, 0.2) is 0 Å². The second-order valence-corrected chi connectivity index (χ2v) is 5.62. The molecular formula is C15H22ClNO. The lowest BCUT2D eigenvalue weighted by atomic mass is 9.88. The SMILES string of the molecule is CCCN1CCC(O)C(Cc2ccccc2Cl)C1. The molecule has 0 amide bonds. The number of likely N-dealkylation sites (tertiary alicyclic amines) is 1. The lowest BCUT2D eigenvalue weighted by molar-refractivity contribution is 0.0270. The Labute approximate surface area is 115 Å². The number of benzene rings is 1. The molecule has 2 atom stereocenters. The number of hydrogen-bond donors (Lipinski definition) is 1. The smallest absolute Gasteiger partial charge is 0.0596 e. The van der Waals surface area contributed by atoms with Crippen molar-refractivity contribution in [2.45, 2.75) is 32.3 Å². The zero-order chi connectivity index (χ0) is 13.0. The number of rotatable bonds is 4. The fourth-order valence-electron chi connectivity index (χ4n) is 2.76. The van der Waals surface area contributed by atoms with Gasteiger partial charge in [0, 0.05) is 24.0 Å². The van der Waals surface area contributed by atoms with Crippen LogP contribution < -0.4 is 0 Å². The molecule has 0 aromatic heterocycles. The lowest BCUT2D eigenvalue weighted by Crippen LogP contribution is -2.44. The average molecular weight is 268 g/mol. The second kappa shape index (κ2) is 6.55. The van der Waals surface area contributed by atoms with Crippen molar-refractivity contribution in [2.75, 3.05) is 19.6 Å². The van der Waals surface area contributed by atoms with Crippen LogP contribution in [0.5, 0.6) is 0 Å². The number of halogens is 1.